The van der Waals surface area contributed by atoms with Crippen LogP contribution in [0.2, 0.25) is 0 Å². The van der Waals surface area contributed by atoms with Crippen molar-refractivity contribution in [3.05, 3.63) is 12.7 Å². The molecule has 0 N–H and O–H groups in total. The molecule has 0 saturated heterocycles. The first-order valence-electron chi connectivity index (χ1n) is 3.04. The Balaban J connectivity index is 3.09. The third kappa shape index (κ3) is 0.523. The molecule has 0 bridgehead atoms. The lowest BCUT2D eigenvalue weighted by Crippen LogP contribution is -2.14. The van der Waals surface area contributed by atoms with E-state index in [2.05, 4.69) is 6.58 Å². The topological polar surface area (TPSA) is 17.1 Å². The van der Waals surface area contributed by atoms with E-state index >= 15 is 0 Å². The number of alkyl halides is 3. The van der Waals surface area contributed by atoms with E-state index in [1.165, 1.54) is 0 Å². The van der Waals surface area contributed by atoms with E-state index in [-0.39, 0.29) is 6.29 Å². The van der Waals surface area contributed by atoms with Crippen molar-refractivity contribution in [1.29, 1.82) is 0 Å². The number of allylic oxidation sites excluding steroid dienone is 1. The van der Waals surface area contributed by atoms with Crippen LogP contribution in [0.1, 0.15) is 6.92 Å². The minimum atomic E-state index is -3.59. The van der Waals surface area contributed by atoms with E-state index in [1.54, 1.807) is 0 Å². The number of halogens is 3. The second kappa shape index (κ2) is 1.68. The third-order valence-electron chi connectivity index (χ3n) is 2.37. The summed E-state index contributed by atoms with van der Waals surface area (Å²) < 4.78 is 38.0. The van der Waals surface area contributed by atoms with E-state index in [0.717, 1.165) is 13.0 Å². The van der Waals surface area contributed by atoms with Gasteiger partial charge in [0.05, 0.1) is 5.41 Å². The van der Waals surface area contributed by atoms with Crippen molar-refractivity contribution in [3.63, 3.8) is 0 Å². The summed E-state index contributed by atoms with van der Waals surface area (Å²) in [4.78, 5) is 9.98. The predicted molar refractivity (Wildman–Crippen MR) is 33.2 cm³/mol. The Morgan fingerprint density at radius 3 is 1.91 bits per heavy atom. The van der Waals surface area contributed by atoms with Gasteiger partial charge in [0.2, 0.25) is 5.67 Å². The minimum absolute atomic E-state index is 0.353. The van der Waals surface area contributed by atoms with Gasteiger partial charge in [-0.1, -0.05) is 6.08 Å². The highest BCUT2D eigenvalue weighted by atomic mass is 19.3. The zero-order valence-electron chi connectivity index (χ0n) is 5.90. The molecule has 0 aromatic rings. The average Bonchev–Trinajstić information content (AvgIpc) is 2.32. The first-order chi connectivity index (χ1) is 4.87. The van der Waals surface area contributed by atoms with E-state index in [1.807, 2.05) is 0 Å². The molecule has 0 aliphatic heterocycles. The molecular weight excluding hydrogens is 157 g/mol. The van der Waals surface area contributed by atoms with Crippen LogP contribution in [0.15, 0.2) is 12.7 Å². The van der Waals surface area contributed by atoms with Gasteiger partial charge in [0, 0.05) is 0 Å². The zero-order valence-corrected chi connectivity index (χ0v) is 5.90. The Morgan fingerprint density at radius 2 is 1.82 bits per heavy atom. The molecule has 1 fully saturated rings. The zero-order chi connectivity index (χ0) is 8.91. The summed E-state index contributed by atoms with van der Waals surface area (Å²) in [6.07, 6.45) is 0.427. The number of carbonyl (C=O) groups is 1. The Labute approximate surface area is 61.9 Å². The Kier molecular flexibility index (Phi) is 1.27. The van der Waals surface area contributed by atoms with Crippen LogP contribution in [0.3, 0.4) is 0 Å². The van der Waals surface area contributed by atoms with Gasteiger partial charge in [0.1, 0.15) is 0 Å². The molecule has 0 radical (unpaired) electrons. The highest BCUT2D eigenvalue weighted by molar-refractivity contribution is 5.76. The van der Waals surface area contributed by atoms with Gasteiger partial charge in [0.15, 0.2) is 6.29 Å². The van der Waals surface area contributed by atoms with Crippen molar-refractivity contribution in [2.24, 2.45) is 5.41 Å². The molecule has 1 aliphatic rings. The first-order valence-corrected chi connectivity index (χ1v) is 3.04. The summed E-state index contributed by atoms with van der Waals surface area (Å²) in [6.45, 7) is 4.02. The van der Waals surface area contributed by atoms with Gasteiger partial charge in [-0.3, -0.25) is 4.79 Å². The van der Waals surface area contributed by atoms with Crippen LogP contribution in [0, 0.1) is 5.41 Å². The predicted octanol–water partition coefficient (Wildman–Crippen LogP) is 1.73. The lowest BCUT2D eigenvalue weighted by Gasteiger charge is -1.97. The van der Waals surface area contributed by atoms with Crippen LogP contribution in [0.25, 0.3) is 0 Å². The fraction of sp³-hybridized carbons (Fsp3) is 0.571. The summed E-state index contributed by atoms with van der Waals surface area (Å²) in [6, 6.07) is 0. The van der Waals surface area contributed by atoms with Gasteiger partial charge < -0.3 is 0 Å². The molecule has 0 aromatic heterocycles. The molecule has 1 nitrogen and oxygen atoms in total. The molecule has 2 atom stereocenters. The SMILES string of the molecule is C=CC1(C)C(F)(F)[C@]1(F)C=O. The highest BCUT2D eigenvalue weighted by Gasteiger charge is 2.90. The number of rotatable bonds is 2. The summed E-state index contributed by atoms with van der Waals surface area (Å²) in [5.74, 6) is -3.59. The third-order valence-corrected chi connectivity index (χ3v) is 2.37. The average molecular weight is 164 g/mol. The normalized spacial score (nSPS) is 46.5. The van der Waals surface area contributed by atoms with Crippen molar-refractivity contribution < 1.29 is 18.0 Å². The summed E-state index contributed by atoms with van der Waals surface area (Å²) in [7, 11) is 0. The maximum Gasteiger partial charge on any atom is 0.301 e. The van der Waals surface area contributed by atoms with Crippen LogP contribution < -0.4 is 0 Å². The van der Waals surface area contributed by atoms with Crippen LogP contribution in [-0.2, 0) is 4.79 Å². The van der Waals surface area contributed by atoms with Crippen molar-refractivity contribution in [3.8, 4) is 0 Å². The molecule has 1 rings (SSSR count). The first kappa shape index (κ1) is 8.30. The molecule has 4 heteroatoms. The largest absolute Gasteiger partial charge is 0.301 e. The van der Waals surface area contributed by atoms with Crippen molar-refractivity contribution in [2.45, 2.75) is 18.5 Å². The fourth-order valence-electron chi connectivity index (χ4n) is 1.11. The Bertz CT molecular complexity index is 204. The van der Waals surface area contributed by atoms with Gasteiger partial charge in [-0.25, -0.2) is 13.2 Å². The molecule has 62 valence electrons. The molecule has 0 heterocycles. The highest BCUT2D eigenvalue weighted by Crippen LogP contribution is 2.70. The van der Waals surface area contributed by atoms with Gasteiger partial charge in [-0.15, -0.1) is 6.58 Å². The lowest BCUT2D eigenvalue weighted by molar-refractivity contribution is -0.117. The van der Waals surface area contributed by atoms with Crippen LogP contribution in [-0.4, -0.2) is 17.9 Å². The van der Waals surface area contributed by atoms with Gasteiger partial charge in [-0.05, 0) is 6.92 Å². The Hall–Kier alpha value is -0.800. The molecule has 0 amide bonds. The number of carbonyl (C=O) groups excluding carboxylic acids is 1. The smallest absolute Gasteiger partial charge is 0.299 e. The fourth-order valence-corrected chi connectivity index (χ4v) is 1.11. The molecule has 11 heavy (non-hydrogen) atoms. The number of aldehydes is 1. The quantitative estimate of drug-likeness (QED) is 0.448. The molecular formula is C7H7F3O. The van der Waals surface area contributed by atoms with E-state index < -0.39 is 17.0 Å². The molecule has 1 saturated carbocycles. The summed E-state index contributed by atoms with van der Waals surface area (Å²) in [5, 5.41) is 0. The van der Waals surface area contributed by atoms with Crippen molar-refractivity contribution in [1.82, 2.24) is 0 Å². The van der Waals surface area contributed by atoms with Crippen molar-refractivity contribution in [2.75, 3.05) is 0 Å². The van der Waals surface area contributed by atoms with E-state index in [9.17, 15) is 18.0 Å². The maximum absolute atomic E-state index is 12.9. The molecule has 0 spiro atoms. The molecule has 1 aliphatic carbocycles. The van der Waals surface area contributed by atoms with Gasteiger partial charge >= 0.3 is 5.92 Å². The van der Waals surface area contributed by atoms with Gasteiger partial charge in [-0.2, -0.15) is 0 Å². The summed E-state index contributed by atoms with van der Waals surface area (Å²) >= 11 is 0. The van der Waals surface area contributed by atoms with E-state index in [4.69, 9.17) is 0 Å². The Morgan fingerprint density at radius 1 is 1.36 bits per heavy atom. The molecule has 1 unspecified atom stereocenters. The van der Waals surface area contributed by atoms with E-state index in [0.29, 0.717) is 0 Å². The van der Waals surface area contributed by atoms with Gasteiger partial charge in [0.25, 0.3) is 0 Å². The van der Waals surface area contributed by atoms with Crippen molar-refractivity contribution >= 4 is 6.29 Å². The second-order valence-electron chi connectivity index (χ2n) is 2.81. The number of hydrogen-bond donors (Lipinski definition) is 0. The minimum Gasteiger partial charge on any atom is -0.299 e. The maximum atomic E-state index is 12.9. The molecule has 0 aromatic carbocycles. The van der Waals surface area contributed by atoms with Crippen LogP contribution in [0.5, 0.6) is 0 Å². The standard InChI is InChI=1S/C7H7F3O/c1-3-5(2)6(8,4-11)7(5,9)10/h3-4H,1H2,2H3/t5?,6-/m0/s1. The van der Waals surface area contributed by atoms with Crippen LogP contribution >= 0.6 is 0 Å². The second-order valence-corrected chi connectivity index (χ2v) is 2.81. The number of hydrogen-bond acceptors (Lipinski definition) is 1. The summed E-state index contributed by atoms with van der Waals surface area (Å²) in [5.41, 5.74) is -5.05. The monoisotopic (exact) mass is 164 g/mol. The van der Waals surface area contributed by atoms with Crippen LogP contribution in [0.4, 0.5) is 13.2 Å². The lowest BCUT2D eigenvalue weighted by atomic mass is 10.1.